The molecule has 29 heavy (non-hydrogen) atoms. The number of fused-ring (bicyclic) bond motifs is 2. The highest BCUT2D eigenvalue weighted by Crippen LogP contribution is 2.41. The smallest absolute Gasteiger partial charge is 0.293 e. The average Bonchev–Trinajstić information content (AvgIpc) is 2.92. The highest BCUT2D eigenvalue weighted by atomic mass is 35.5. The van der Waals surface area contributed by atoms with Gasteiger partial charge in [-0.25, -0.2) is 0 Å². The van der Waals surface area contributed by atoms with E-state index in [1.807, 2.05) is 25.1 Å². The lowest BCUT2D eigenvalue weighted by Crippen LogP contribution is -2.47. The Morgan fingerprint density at radius 2 is 1.86 bits per heavy atom. The summed E-state index contributed by atoms with van der Waals surface area (Å²) < 4.78 is 5.81. The summed E-state index contributed by atoms with van der Waals surface area (Å²) in [5.74, 6) is -0.625. The van der Waals surface area contributed by atoms with Crippen molar-refractivity contribution in [1.29, 1.82) is 0 Å². The molecule has 1 aliphatic heterocycles. The van der Waals surface area contributed by atoms with E-state index in [1.165, 1.54) is 11.0 Å². The van der Waals surface area contributed by atoms with Gasteiger partial charge in [0.1, 0.15) is 11.1 Å². The molecule has 0 saturated heterocycles. The van der Waals surface area contributed by atoms with Crippen molar-refractivity contribution in [3.8, 4) is 0 Å². The van der Waals surface area contributed by atoms with Gasteiger partial charge >= 0.3 is 0 Å². The van der Waals surface area contributed by atoms with Crippen molar-refractivity contribution < 1.29 is 14.3 Å². The monoisotopic (exact) mass is 412 g/mol. The van der Waals surface area contributed by atoms with Crippen LogP contribution in [0.15, 0.2) is 57.7 Å². The number of carbonyl (C=O) groups excluding carboxylic acids is 1. The van der Waals surface area contributed by atoms with E-state index >= 15 is 0 Å². The fourth-order valence-corrected chi connectivity index (χ4v) is 3.99. The molecule has 0 fully saturated rings. The van der Waals surface area contributed by atoms with Crippen molar-refractivity contribution in [2.45, 2.75) is 12.1 Å². The Bertz CT molecular complexity index is 1140. The van der Waals surface area contributed by atoms with Gasteiger partial charge in [-0.15, -0.1) is 0 Å². The highest BCUT2D eigenvalue weighted by Gasteiger charge is 2.53. The van der Waals surface area contributed by atoms with Gasteiger partial charge in [-0.3, -0.25) is 14.5 Å². The van der Waals surface area contributed by atoms with Gasteiger partial charge in [0.05, 0.1) is 5.39 Å². The molecule has 0 spiro atoms. The molecule has 6 nitrogen and oxygen atoms in total. The predicted molar refractivity (Wildman–Crippen MR) is 111 cm³/mol. The van der Waals surface area contributed by atoms with Gasteiger partial charge < -0.3 is 14.4 Å². The number of hydrogen-bond acceptors (Lipinski definition) is 5. The zero-order valence-corrected chi connectivity index (χ0v) is 16.9. The number of amides is 1. The maximum absolute atomic E-state index is 13.4. The molecule has 0 aliphatic carbocycles. The number of benzene rings is 2. The first-order valence-electron chi connectivity index (χ1n) is 9.35. The molecule has 0 radical (unpaired) electrons. The third-order valence-electron chi connectivity index (χ3n) is 5.19. The Balaban J connectivity index is 1.95. The molecule has 1 aromatic heterocycles. The van der Waals surface area contributed by atoms with Crippen LogP contribution in [0.25, 0.3) is 11.0 Å². The molecule has 4 rings (SSSR count). The summed E-state index contributed by atoms with van der Waals surface area (Å²) >= 11 is 6.06. The molecule has 7 heteroatoms. The van der Waals surface area contributed by atoms with E-state index in [0.717, 1.165) is 6.54 Å². The second-order valence-electron chi connectivity index (χ2n) is 7.43. The van der Waals surface area contributed by atoms with Crippen molar-refractivity contribution in [1.82, 2.24) is 9.80 Å². The van der Waals surface area contributed by atoms with Gasteiger partial charge in [-0.1, -0.05) is 41.9 Å². The maximum atomic E-state index is 13.4. The molecule has 3 aromatic rings. The van der Waals surface area contributed by atoms with E-state index in [9.17, 15) is 14.7 Å². The summed E-state index contributed by atoms with van der Waals surface area (Å²) in [4.78, 5) is 29.9. The Kier molecular flexibility index (Phi) is 4.94. The van der Waals surface area contributed by atoms with E-state index in [-0.39, 0.29) is 28.8 Å². The molecule has 2 heterocycles. The zero-order valence-electron chi connectivity index (χ0n) is 16.2. The molecule has 0 bridgehead atoms. The van der Waals surface area contributed by atoms with Crippen molar-refractivity contribution in [2.75, 3.05) is 27.2 Å². The summed E-state index contributed by atoms with van der Waals surface area (Å²) in [5, 5.41) is 12.4. The van der Waals surface area contributed by atoms with Crippen molar-refractivity contribution in [2.24, 2.45) is 0 Å². The lowest BCUT2D eigenvalue weighted by Gasteiger charge is -2.34. The minimum absolute atomic E-state index is 0.0617. The third kappa shape index (κ3) is 3.13. The molecule has 150 valence electrons. The summed E-state index contributed by atoms with van der Waals surface area (Å²) in [6, 6.07) is 13.4. The van der Waals surface area contributed by atoms with E-state index in [2.05, 4.69) is 0 Å². The lowest BCUT2D eigenvalue weighted by molar-refractivity contribution is -0.0512. The van der Waals surface area contributed by atoms with Crippen LogP contribution >= 0.6 is 11.6 Å². The first kappa shape index (κ1) is 19.6. The molecule has 2 aromatic carbocycles. The van der Waals surface area contributed by atoms with Crippen LogP contribution in [0.3, 0.4) is 0 Å². The van der Waals surface area contributed by atoms with Crippen molar-refractivity contribution >= 4 is 28.5 Å². The number of carbonyl (C=O) groups is 1. The van der Waals surface area contributed by atoms with Gasteiger partial charge in [0.25, 0.3) is 5.91 Å². The summed E-state index contributed by atoms with van der Waals surface area (Å²) in [7, 11) is 3.87. The SMILES string of the molecule is CN(C)CCCN1C(=O)c2oc3ccc(Cl)cc3c(=O)c2C1(O)c1ccccc1. The second kappa shape index (κ2) is 7.30. The van der Waals surface area contributed by atoms with Gasteiger partial charge in [0, 0.05) is 17.1 Å². The van der Waals surface area contributed by atoms with Crippen LogP contribution in [0, 0.1) is 0 Å². The summed E-state index contributed by atoms with van der Waals surface area (Å²) in [5.41, 5.74) is -1.73. The highest BCUT2D eigenvalue weighted by molar-refractivity contribution is 6.31. The van der Waals surface area contributed by atoms with Crippen LogP contribution in [0.1, 0.15) is 28.1 Å². The largest absolute Gasteiger partial charge is 0.450 e. The molecular weight excluding hydrogens is 392 g/mol. The number of hydrogen-bond donors (Lipinski definition) is 1. The molecule has 1 aliphatic rings. The minimum Gasteiger partial charge on any atom is -0.450 e. The topological polar surface area (TPSA) is 74.0 Å². The van der Waals surface area contributed by atoms with Crippen LogP contribution in [0.2, 0.25) is 5.02 Å². The first-order valence-corrected chi connectivity index (χ1v) is 9.73. The van der Waals surface area contributed by atoms with E-state index in [4.69, 9.17) is 16.0 Å². The van der Waals surface area contributed by atoms with Crippen LogP contribution < -0.4 is 5.43 Å². The van der Waals surface area contributed by atoms with Crippen molar-refractivity contribution in [3.63, 3.8) is 0 Å². The zero-order chi connectivity index (χ0) is 20.8. The first-order chi connectivity index (χ1) is 13.8. The van der Waals surface area contributed by atoms with Crippen LogP contribution in [0.5, 0.6) is 0 Å². The number of rotatable bonds is 5. The predicted octanol–water partition coefficient (Wildman–Crippen LogP) is 3.05. The maximum Gasteiger partial charge on any atom is 0.293 e. The molecule has 1 N–H and O–H groups in total. The Labute approximate surface area is 172 Å². The van der Waals surface area contributed by atoms with Crippen LogP contribution in [0.4, 0.5) is 0 Å². The van der Waals surface area contributed by atoms with Crippen molar-refractivity contribution in [3.05, 3.63) is 80.7 Å². The standard InChI is InChI=1S/C22H21ClN2O4/c1-24(2)11-6-12-25-21(27)20-18(22(25,28)14-7-4-3-5-8-14)19(26)16-13-15(23)9-10-17(16)29-20/h3-5,7-10,13,28H,6,11-12H2,1-2H3. The number of aliphatic hydroxyl groups is 1. The lowest BCUT2D eigenvalue weighted by atomic mass is 9.94. The third-order valence-corrected chi connectivity index (χ3v) is 5.43. The quantitative estimate of drug-likeness (QED) is 0.697. The van der Waals surface area contributed by atoms with Gasteiger partial charge in [0.2, 0.25) is 16.9 Å². The molecule has 1 amide bonds. The van der Waals surface area contributed by atoms with Crippen LogP contribution in [-0.2, 0) is 5.72 Å². The average molecular weight is 413 g/mol. The normalized spacial score (nSPS) is 18.7. The van der Waals surface area contributed by atoms with E-state index < -0.39 is 17.1 Å². The molecule has 1 atom stereocenters. The van der Waals surface area contributed by atoms with Crippen LogP contribution in [-0.4, -0.2) is 48.0 Å². The van der Waals surface area contributed by atoms with E-state index in [1.54, 1.807) is 36.4 Å². The number of halogens is 1. The second-order valence-corrected chi connectivity index (χ2v) is 7.86. The minimum atomic E-state index is -1.91. The van der Waals surface area contributed by atoms with E-state index in [0.29, 0.717) is 17.0 Å². The van der Waals surface area contributed by atoms with Gasteiger partial charge in [-0.05, 0) is 45.3 Å². The summed E-state index contributed by atoms with van der Waals surface area (Å²) in [6.45, 7) is 0.993. The Morgan fingerprint density at radius 3 is 2.55 bits per heavy atom. The molecule has 0 saturated carbocycles. The van der Waals surface area contributed by atoms with Gasteiger partial charge in [0.15, 0.2) is 0 Å². The fraction of sp³-hybridized carbons (Fsp3) is 0.273. The number of nitrogens with zero attached hydrogens (tertiary/aromatic N) is 2. The molecular formula is C22H21ClN2O4. The molecule has 1 unspecified atom stereocenters. The Hall–Kier alpha value is -2.67. The van der Waals surface area contributed by atoms with Gasteiger partial charge in [-0.2, -0.15) is 0 Å². The fourth-order valence-electron chi connectivity index (χ4n) is 3.82. The Morgan fingerprint density at radius 1 is 1.14 bits per heavy atom. The summed E-state index contributed by atoms with van der Waals surface area (Å²) in [6.07, 6.45) is 0.626.